The molecule has 0 spiro atoms. The van der Waals surface area contributed by atoms with E-state index in [0.29, 0.717) is 12.4 Å². The molecule has 1 aromatic heterocycles. The average Bonchev–Trinajstić information content (AvgIpc) is 2.92. The van der Waals surface area contributed by atoms with E-state index in [1.807, 2.05) is 51.4 Å². The second-order valence-electron chi connectivity index (χ2n) is 12.0. The van der Waals surface area contributed by atoms with E-state index in [0.717, 1.165) is 46.6 Å². The second kappa shape index (κ2) is 12.9. The van der Waals surface area contributed by atoms with Gasteiger partial charge >= 0.3 is 5.97 Å². The number of nitrogens with one attached hydrogen (secondary N) is 1. The van der Waals surface area contributed by atoms with Gasteiger partial charge in [-0.25, -0.2) is 9.97 Å². The van der Waals surface area contributed by atoms with Crippen LogP contribution in [-0.4, -0.2) is 35.2 Å². The minimum Gasteiger partial charge on any atom is -0.496 e. The smallest absolute Gasteiger partial charge is 0.320 e. The predicted octanol–water partition coefficient (Wildman–Crippen LogP) is 6.98. The van der Waals surface area contributed by atoms with Gasteiger partial charge in [0.15, 0.2) is 5.82 Å². The second-order valence-corrected chi connectivity index (χ2v) is 12.0. The fraction of sp³-hybridized carbons (Fsp3) is 0.594. The van der Waals surface area contributed by atoms with Crippen molar-refractivity contribution in [1.82, 2.24) is 15.3 Å². The van der Waals surface area contributed by atoms with E-state index in [1.54, 1.807) is 7.11 Å². The molecule has 0 aliphatic heterocycles. The summed E-state index contributed by atoms with van der Waals surface area (Å²) in [6.07, 6.45) is 17.0. The molecule has 1 unspecified atom stereocenters. The zero-order valence-corrected chi connectivity index (χ0v) is 23.9. The number of hydrogen-bond acceptors (Lipinski definition) is 6. The van der Waals surface area contributed by atoms with Gasteiger partial charge in [-0.1, -0.05) is 44.4 Å². The molecular formula is C32H45N3O3. The lowest BCUT2D eigenvalue weighted by Crippen LogP contribution is -2.31. The number of rotatable bonds is 9. The van der Waals surface area contributed by atoms with Gasteiger partial charge in [0.2, 0.25) is 0 Å². The lowest BCUT2D eigenvalue weighted by molar-refractivity contribution is -0.153. The number of hydrogen-bond donors (Lipinski definition) is 1. The highest BCUT2D eigenvalue weighted by molar-refractivity contribution is 5.72. The van der Waals surface area contributed by atoms with Crippen molar-refractivity contribution in [3.05, 3.63) is 47.8 Å². The Morgan fingerprint density at radius 3 is 2.37 bits per heavy atom. The summed E-state index contributed by atoms with van der Waals surface area (Å²) in [6, 6.07) is 5.95. The van der Waals surface area contributed by atoms with Crippen molar-refractivity contribution in [2.24, 2.45) is 17.8 Å². The maximum Gasteiger partial charge on any atom is 0.320 e. The summed E-state index contributed by atoms with van der Waals surface area (Å²) >= 11 is 0. The summed E-state index contributed by atoms with van der Waals surface area (Å²) in [7, 11) is 1.65. The van der Waals surface area contributed by atoms with E-state index in [2.05, 4.69) is 18.3 Å². The quantitative estimate of drug-likeness (QED) is 0.360. The standard InChI is InChI=1S/C32H45N3O3/c1-6-22-7-9-23(10-8-22)24-11-13-25(14-12-24)28-19-34-31(35-20-28)26-15-16-27(29(17-26)37-5)18-33-21-30(36)38-32(2,3)4/h13,15-17,19-20,22-24,33H,6-12,14,18,21H2,1-5H3/t22-,23-,24?. The molecule has 38 heavy (non-hydrogen) atoms. The molecule has 2 aliphatic carbocycles. The van der Waals surface area contributed by atoms with Crippen molar-refractivity contribution in [3.63, 3.8) is 0 Å². The van der Waals surface area contributed by atoms with Crippen molar-refractivity contribution in [3.8, 4) is 17.1 Å². The molecule has 6 nitrogen and oxygen atoms in total. The molecular weight excluding hydrogens is 474 g/mol. The van der Waals surface area contributed by atoms with E-state index in [-0.39, 0.29) is 12.5 Å². The summed E-state index contributed by atoms with van der Waals surface area (Å²) < 4.78 is 11.0. The van der Waals surface area contributed by atoms with Crippen LogP contribution in [0.5, 0.6) is 5.75 Å². The number of allylic oxidation sites excluding steroid dienone is 2. The number of methoxy groups -OCH3 is 1. The highest BCUT2D eigenvalue weighted by atomic mass is 16.6. The highest BCUT2D eigenvalue weighted by Gasteiger charge is 2.28. The van der Waals surface area contributed by atoms with Crippen molar-refractivity contribution in [1.29, 1.82) is 0 Å². The van der Waals surface area contributed by atoms with Gasteiger partial charge in [0.1, 0.15) is 11.4 Å². The van der Waals surface area contributed by atoms with Gasteiger partial charge in [0.05, 0.1) is 13.7 Å². The summed E-state index contributed by atoms with van der Waals surface area (Å²) in [5, 5.41) is 3.14. The summed E-state index contributed by atoms with van der Waals surface area (Å²) in [6.45, 7) is 8.57. The average molecular weight is 520 g/mol. The molecule has 0 bridgehead atoms. The van der Waals surface area contributed by atoms with Crippen LogP contribution in [0.2, 0.25) is 0 Å². The first-order valence-electron chi connectivity index (χ1n) is 14.4. The van der Waals surface area contributed by atoms with Gasteiger partial charge in [-0.15, -0.1) is 0 Å². The first kappa shape index (κ1) is 28.3. The molecule has 4 rings (SSSR count). The predicted molar refractivity (Wildman–Crippen MR) is 153 cm³/mol. The Hall–Kier alpha value is -2.73. The minimum atomic E-state index is -0.489. The molecule has 2 aromatic rings. The number of esters is 1. The van der Waals surface area contributed by atoms with Crippen LogP contribution in [0, 0.1) is 17.8 Å². The lowest BCUT2D eigenvalue weighted by atomic mass is 9.71. The monoisotopic (exact) mass is 519 g/mol. The maximum absolute atomic E-state index is 12.0. The molecule has 1 saturated carbocycles. The molecule has 1 heterocycles. The number of carbonyl (C=O) groups excluding carboxylic acids is 1. The molecule has 1 atom stereocenters. The molecule has 6 heteroatoms. The van der Waals surface area contributed by atoms with Crippen LogP contribution in [0.25, 0.3) is 17.0 Å². The van der Waals surface area contributed by atoms with Crippen molar-refractivity contribution in [2.45, 2.75) is 91.2 Å². The van der Waals surface area contributed by atoms with Gasteiger partial charge in [-0.3, -0.25) is 4.79 Å². The fourth-order valence-electron chi connectivity index (χ4n) is 5.96. The third-order valence-electron chi connectivity index (χ3n) is 8.16. The van der Waals surface area contributed by atoms with E-state index in [4.69, 9.17) is 19.4 Å². The molecule has 0 radical (unpaired) electrons. The largest absolute Gasteiger partial charge is 0.496 e. The van der Waals surface area contributed by atoms with Crippen LogP contribution < -0.4 is 10.1 Å². The molecule has 2 aliphatic rings. The summed E-state index contributed by atoms with van der Waals surface area (Å²) in [5.41, 5.74) is 3.90. The SMILES string of the molecule is CC[C@H]1CC[C@H](C2CC=C(c3cnc(-c4ccc(CNCC(=O)OC(C)(C)C)c(OC)c4)nc3)CC2)CC1. The lowest BCUT2D eigenvalue weighted by Gasteiger charge is -2.35. The number of carbonyl (C=O) groups is 1. The Bertz CT molecular complexity index is 1100. The van der Waals surface area contributed by atoms with Gasteiger partial charge in [-0.2, -0.15) is 0 Å². The van der Waals surface area contributed by atoms with Crippen LogP contribution in [0.4, 0.5) is 0 Å². The zero-order chi connectivity index (χ0) is 27.1. The Kier molecular flexibility index (Phi) is 9.59. The molecule has 1 N–H and O–H groups in total. The Morgan fingerprint density at radius 1 is 1.03 bits per heavy atom. The van der Waals surface area contributed by atoms with Crippen LogP contribution in [0.3, 0.4) is 0 Å². The molecule has 0 saturated heterocycles. The van der Waals surface area contributed by atoms with E-state index in [1.165, 1.54) is 50.5 Å². The zero-order valence-electron chi connectivity index (χ0n) is 23.9. The fourth-order valence-corrected chi connectivity index (χ4v) is 5.96. The van der Waals surface area contributed by atoms with Crippen molar-refractivity contribution < 1.29 is 14.3 Å². The number of nitrogens with zero attached hydrogens (tertiary/aromatic N) is 2. The van der Waals surface area contributed by atoms with Crippen LogP contribution in [0.1, 0.15) is 90.2 Å². The summed E-state index contributed by atoms with van der Waals surface area (Å²) in [4.78, 5) is 21.3. The van der Waals surface area contributed by atoms with E-state index >= 15 is 0 Å². The van der Waals surface area contributed by atoms with Crippen molar-refractivity contribution in [2.75, 3.05) is 13.7 Å². The minimum absolute atomic E-state index is 0.142. The Labute approximate surface area is 228 Å². The van der Waals surface area contributed by atoms with E-state index in [9.17, 15) is 4.79 Å². The van der Waals surface area contributed by atoms with Gasteiger partial charge in [-0.05, 0) is 82.3 Å². The van der Waals surface area contributed by atoms with Gasteiger partial charge in [0.25, 0.3) is 0 Å². The molecule has 0 amide bonds. The highest BCUT2D eigenvalue weighted by Crippen LogP contribution is 2.41. The number of ether oxygens (including phenoxy) is 2. The third-order valence-corrected chi connectivity index (χ3v) is 8.16. The maximum atomic E-state index is 12.0. The first-order chi connectivity index (χ1) is 18.3. The van der Waals surface area contributed by atoms with Gasteiger partial charge in [0, 0.05) is 35.6 Å². The van der Waals surface area contributed by atoms with Crippen molar-refractivity contribution >= 4 is 11.5 Å². The molecule has 1 aromatic carbocycles. The van der Waals surface area contributed by atoms with Crippen LogP contribution in [-0.2, 0) is 16.1 Å². The number of aromatic nitrogens is 2. The topological polar surface area (TPSA) is 73.3 Å². The van der Waals surface area contributed by atoms with E-state index < -0.39 is 5.60 Å². The Morgan fingerprint density at radius 2 is 1.76 bits per heavy atom. The number of benzene rings is 1. The normalized spacial score (nSPS) is 22.0. The summed E-state index contributed by atoms with van der Waals surface area (Å²) in [5.74, 6) is 3.88. The van der Waals surface area contributed by atoms with Crippen LogP contribution in [0.15, 0.2) is 36.7 Å². The molecule has 1 fully saturated rings. The molecule has 206 valence electrons. The Balaban J connectivity index is 1.33. The van der Waals surface area contributed by atoms with Crippen LogP contribution >= 0.6 is 0 Å². The van der Waals surface area contributed by atoms with Gasteiger partial charge < -0.3 is 14.8 Å². The third kappa shape index (κ3) is 7.66. The first-order valence-corrected chi connectivity index (χ1v) is 14.4.